The molecule has 9 heteroatoms. The minimum atomic E-state index is -0.0198. The number of rotatable bonds is 5. The molecule has 3 aromatic rings. The summed E-state index contributed by atoms with van der Waals surface area (Å²) in [6.45, 7) is 4.48. The number of carbonyl (C=O) groups excluding carboxylic acids is 1. The number of carbonyl (C=O) groups is 1. The summed E-state index contributed by atoms with van der Waals surface area (Å²) in [5, 5.41) is 0. The van der Waals surface area contributed by atoms with Crippen LogP contribution in [0.4, 0.5) is 5.82 Å². The van der Waals surface area contributed by atoms with Gasteiger partial charge in [0.25, 0.3) is 5.91 Å². The van der Waals surface area contributed by atoms with Crippen LogP contribution in [-0.4, -0.2) is 70.7 Å². The van der Waals surface area contributed by atoms with Crippen molar-refractivity contribution in [2.75, 3.05) is 45.3 Å². The molecule has 0 bridgehead atoms. The van der Waals surface area contributed by atoms with Gasteiger partial charge in [-0.05, 0) is 25.1 Å². The fourth-order valence-corrected chi connectivity index (χ4v) is 3.52. The van der Waals surface area contributed by atoms with Crippen molar-refractivity contribution in [1.29, 1.82) is 0 Å². The predicted molar refractivity (Wildman–Crippen MR) is 112 cm³/mol. The highest BCUT2D eigenvalue weighted by Gasteiger charge is 2.24. The number of piperazine rings is 1. The van der Waals surface area contributed by atoms with Crippen molar-refractivity contribution in [2.45, 2.75) is 6.92 Å². The van der Waals surface area contributed by atoms with Crippen LogP contribution in [0, 0.1) is 6.92 Å². The first-order valence-corrected chi connectivity index (χ1v) is 9.69. The van der Waals surface area contributed by atoms with E-state index in [1.54, 1.807) is 44.9 Å². The van der Waals surface area contributed by atoms with Gasteiger partial charge in [0.1, 0.15) is 23.8 Å². The van der Waals surface area contributed by atoms with Gasteiger partial charge in [-0.25, -0.2) is 15.0 Å². The molecule has 0 N–H and O–H groups in total. The molecule has 0 saturated carbocycles. The fourth-order valence-electron chi connectivity index (χ4n) is 3.52. The Hall–Kier alpha value is -3.62. The van der Waals surface area contributed by atoms with Gasteiger partial charge in [-0.3, -0.25) is 9.36 Å². The Labute approximate surface area is 174 Å². The van der Waals surface area contributed by atoms with Gasteiger partial charge in [0, 0.05) is 50.2 Å². The van der Waals surface area contributed by atoms with Crippen molar-refractivity contribution in [3.05, 3.63) is 54.4 Å². The molecule has 1 fully saturated rings. The Kier molecular flexibility index (Phi) is 5.51. The zero-order chi connectivity index (χ0) is 21.1. The molecule has 9 nitrogen and oxygen atoms in total. The highest BCUT2D eigenvalue weighted by molar-refractivity contribution is 5.95. The van der Waals surface area contributed by atoms with Crippen LogP contribution in [0.1, 0.15) is 16.2 Å². The number of ether oxygens (including phenoxy) is 2. The van der Waals surface area contributed by atoms with Gasteiger partial charge in [-0.15, -0.1) is 0 Å². The van der Waals surface area contributed by atoms with Gasteiger partial charge in [-0.2, -0.15) is 0 Å². The summed E-state index contributed by atoms with van der Waals surface area (Å²) in [4.78, 5) is 30.1. The molecule has 4 rings (SSSR count). The summed E-state index contributed by atoms with van der Waals surface area (Å²) >= 11 is 0. The second-order valence-corrected chi connectivity index (χ2v) is 6.95. The van der Waals surface area contributed by atoms with Gasteiger partial charge in [-0.1, -0.05) is 0 Å². The summed E-state index contributed by atoms with van der Waals surface area (Å²) in [6, 6.07) is 7.18. The molecule has 1 aromatic carbocycles. The second kappa shape index (κ2) is 8.40. The van der Waals surface area contributed by atoms with Crippen LogP contribution in [0.25, 0.3) is 5.82 Å². The van der Waals surface area contributed by atoms with Crippen molar-refractivity contribution >= 4 is 11.7 Å². The lowest BCUT2D eigenvalue weighted by Gasteiger charge is -2.35. The summed E-state index contributed by atoms with van der Waals surface area (Å²) < 4.78 is 12.4. The quantitative estimate of drug-likeness (QED) is 0.638. The Morgan fingerprint density at radius 1 is 0.967 bits per heavy atom. The minimum Gasteiger partial charge on any atom is -0.493 e. The van der Waals surface area contributed by atoms with E-state index < -0.39 is 0 Å². The van der Waals surface area contributed by atoms with E-state index in [1.165, 1.54) is 0 Å². The van der Waals surface area contributed by atoms with Crippen LogP contribution in [0.15, 0.2) is 43.0 Å². The third kappa shape index (κ3) is 3.91. The summed E-state index contributed by atoms with van der Waals surface area (Å²) in [7, 11) is 3.14. The van der Waals surface area contributed by atoms with Gasteiger partial charge < -0.3 is 19.3 Å². The Bertz CT molecular complexity index is 1030. The molecule has 1 aliphatic heterocycles. The van der Waals surface area contributed by atoms with Crippen LogP contribution in [0.5, 0.6) is 11.5 Å². The normalized spacial score (nSPS) is 14.0. The average molecular weight is 408 g/mol. The number of nitrogens with zero attached hydrogens (tertiary/aromatic N) is 6. The first-order valence-electron chi connectivity index (χ1n) is 9.69. The van der Waals surface area contributed by atoms with E-state index >= 15 is 0 Å². The van der Waals surface area contributed by atoms with E-state index in [-0.39, 0.29) is 5.91 Å². The molecular weight excluding hydrogens is 384 g/mol. The monoisotopic (exact) mass is 408 g/mol. The lowest BCUT2D eigenvalue weighted by molar-refractivity contribution is 0.0746. The van der Waals surface area contributed by atoms with E-state index in [0.29, 0.717) is 49.1 Å². The molecular formula is C21H24N6O3. The van der Waals surface area contributed by atoms with Crippen LogP contribution in [-0.2, 0) is 0 Å². The summed E-state index contributed by atoms with van der Waals surface area (Å²) in [6.07, 6.45) is 5.28. The van der Waals surface area contributed by atoms with E-state index in [1.807, 2.05) is 28.7 Å². The third-order valence-electron chi connectivity index (χ3n) is 5.10. The Morgan fingerprint density at radius 3 is 2.37 bits per heavy atom. The predicted octanol–water partition coefficient (Wildman–Crippen LogP) is 1.95. The van der Waals surface area contributed by atoms with Gasteiger partial charge >= 0.3 is 0 Å². The summed E-state index contributed by atoms with van der Waals surface area (Å²) in [5.41, 5.74) is 0.585. The zero-order valence-corrected chi connectivity index (χ0v) is 17.3. The van der Waals surface area contributed by atoms with Crippen LogP contribution >= 0.6 is 0 Å². The van der Waals surface area contributed by atoms with Crippen LogP contribution in [0.3, 0.4) is 0 Å². The number of aryl methyl sites for hydroxylation is 1. The first kappa shape index (κ1) is 19.7. The number of imidazole rings is 1. The molecule has 3 heterocycles. The van der Waals surface area contributed by atoms with Crippen molar-refractivity contribution in [2.24, 2.45) is 0 Å². The lowest BCUT2D eigenvalue weighted by atomic mass is 10.1. The molecule has 0 radical (unpaired) electrons. The maximum atomic E-state index is 12.9. The number of anilines is 1. The van der Waals surface area contributed by atoms with Gasteiger partial charge in [0.15, 0.2) is 11.5 Å². The largest absolute Gasteiger partial charge is 0.493 e. The molecule has 0 aliphatic carbocycles. The molecule has 0 atom stereocenters. The van der Waals surface area contributed by atoms with Crippen LogP contribution < -0.4 is 14.4 Å². The highest BCUT2D eigenvalue weighted by Crippen LogP contribution is 2.28. The average Bonchev–Trinajstić information content (AvgIpc) is 3.33. The second-order valence-electron chi connectivity index (χ2n) is 6.95. The molecule has 1 saturated heterocycles. The Morgan fingerprint density at radius 2 is 1.70 bits per heavy atom. The number of methoxy groups -OCH3 is 2. The molecule has 1 amide bonds. The van der Waals surface area contributed by atoms with Crippen molar-refractivity contribution in [1.82, 2.24) is 24.4 Å². The van der Waals surface area contributed by atoms with Crippen molar-refractivity contribution in [3.63, 3.8) is 0 Å². The zero-order valence-electron chi connectivity index (χ0n) is 17.3. The SMILES string of the molecule is COc1ccc(C(=O)N2CCN(c3cc(-n4ccnc4)nc(C)n3)CC2)cc1OC. The summed E-state index contributed by atoms with van der Waals surface area (Å²) in [5.74, 6) is 3.45. The fraction of sp³-hybridized carbons (Fsp3) is 0.333. The molecule has 2 aromatic heterocycles. The number of amides is 1. The van der Waals surface area contributed by atoms with E-state index in [0.717, 1.165) is 11.6 Å². The molecule has 0 spiro atoms. The number of aromatic nitrogens is 4. The van der Waals surface area contributed by atoms with Crippen molar-refractivity contribution < 1.29 is 14.3 Å². The molecule has 30 heavy (non-hydrogen) atoms. The smallest absolute Gasteiger partial charge is 0.254 e. The number of hydrogen-bond acceptors (Lipinski definition) is 7. The van der Waals surface area contributed by atoms with E-state index in [9.17, 15) is 4.79 Å². The number of hydrogen-bond donors (Lipinski definition) is 0. The first-order chi connectivity index (χ1) is 14.6. The van der Waals surface area contributed by atoms with E-state index in [4.69, 9.17) is 9.47 Å². The number of benzene rings is 1. The van der Waals surface area contributed by atoms with E-state index in [2.05, 4.69) is 19.9 Å². The topological polar surface area (TPSA) is 85.6 Å². The Balaban J connectivity index is 1.46. The van der Waals surface area contributed by atoms with Gasteiger partial charge in [0.2, 0.25) is 0 Å². The maximum Gasteiger partial charge on any atom is 0.254 e. The highest BCUT2D eigenvalue weighted by atomic mass is 16.5. The molecule has 1 aliphatic rings. The lowest BCUT2D eigenvalue weighted by Crippen LogP contribution is -2.49. The minimum absolute atomic E-state index is 0.0198. The standard InChI is InChI=1S/C21H24N6O3/c1-15-23-19(13-20(24-15)27-7-6-22-14-27)25-8-10-26(11-9-25)21(28)16-4-5-17(29-2)18(12-16)30-3/h4-7,12-14H,8-11H2,1-3H3. The molecule has 156 valence electrons. The maximum absolute atomic E-state index is 12.9. The third-order valence-corrected chi connectivity index (χ3v) is 5.10. The van der Waals surface area contributed by atoms with Crippen molar-refractivity contribution in [3.8, 4) is 17.3 Å². The molecule has 0 unspecified atom stereocenters. The van der Waals surface area contributed by atoms with Gasteiger partial charge in [0.05, 0.1) is 14.2 Å². The van der Waals surface area contributed by atoms with Crippen LogP contribution in [0.2, 0.25) is 0 Å².